The summed E-state index contributed by atoms with van der Waals surface area (Å²) >= 11 is 0. The summed E-state index contributed by atoms with van der Waals surface area (Å²) in [6.07, 6.45) is 2.13. The number of oxazole rings is 1. The average molecular weight is 287 g/mol. The molecule has 0 saturated carbocycles. The van der Waals surface area contributed by atoms with Gasteiger partial charge in [0, 0.05) is 0 Å². The highest BCUT2D eigenvalue weighted by Gasteiger charge is 2.19. The summed E-state index contributed by atoms with van der Waals surface area (Å²) in [6, 6.07) is 9.93. The Morgan fingerprint density at radius 2 is 2.05 bits per heavy atom. The van der Waals surface area contributed by atoms with Crippen molar-refractivity contribution in [3.05, 3.63) is 53.7 Å². The van der Waals surface area contributed by atoms with Crippen molar-refractivity contribution in [1.29, 1.82) is 0 Å². The topological polar surface area (TPSA) is 58.4 Å². The Kier molecular flexibility index (Phi) is 5.11. The minimum atomic E-state index is -0.200. The normalized spacial score (nSPS) is 12.4. The summed E-state index contributed by atoms with van der Waals surface area (Å²) in [5, 5.41) is 3.04. The van der Waals surface area contributed by atoms with Crippen LogP contribution in [0.5, 0.6) is 0 Å². The van der Waals surface area contributed by atoms with Crippen molar-refractivity contribution >= 4 is 5.91 Å². The highest BCUT2D eigenvalue weighted by Crippen LogP contribution is 2.18. The van der Waals surface area contributed by atoms with Crippen LogP contribution < -0.4 is 5.32 Å². The molecule has 0 aliphatic heterocycles. The summed E-state index contributed by atoms with van der Waals surface area (Å²) in [7, 11) is 4.04. The molecule has 1 heterocycles. The fraction of sp³-hybridized carbons (Fsp3) is 0.375. The van der Waals surface area contributed by atoms with Gasteiger partial charge in [-0.2, -0.15) is 0 Å². The van der Waals surface area contributed by atoms with Crippen LogP contribution in [-0.4, -0.2) is 36.4 Å². The molecule has 1 amide bonds. The van der Waals surface area contributed by atoms with E-state index < -0.39 is 0 Å². The molecule has 1 aromatic heterocycles. The average Bonchev–Trinajstić information content (AvgIpc) is 2.90. The Balaban J connectivity index is 2.12. The number of hydrogen-bond donors (Lipinski definition) is 1. The fourth-order valence-electron chi connectivity index (χ4n) is 2.14. The van der Waals surface area contributed by atoms with E-state index in [1.165, 1.54) is 6.39 Å². The number of benzene rings is 1. The van der Waals surface area contributed by atoms with Crippen LogP contribution >= 0.6 is 0 Å². The Morgan fingerprint density at radius 1 is 1.33 bits per heavy atom. The zero-order valence-corrected chi connectivity index (χ0v) is 12.7. The van der Waals surface area contributed by atoms with Crippen LogP contribution in [0.4, 0.5) is 0 Å². The summed E-state index contributed by atoms with van der Waals surface area (Å²) < 4.78 is 5.09. The van der Waals surface area contributed by atoms with E-state index in [2.05, 4.69) is 15.2 Å². The van der Waals surface area contributed by atoms with E-state index in [1.54, 1.807) is 6.92 Å². The molecule has 0 saturated heterocycles. The van der Waals surface area contributed by atoms with Gasteiger partial charge in [0.15, 0.2) is 12.1 Å². The van der Waals surface area contributed by atoms with Crippen molar-refractivity contribution in [2.45, 2.75) is 19.4 Å². The van der Waals surface area contributed by atoms with E-state index in [4.69, 9.17) is 4.42 Å². The first-order valence-electron chi connectivity index (χ1n) is 6.98. The van der Waals surface area contributed by atoms with E-state index in [0.29, 0.717) is 11.5 Å². The zero-order valence-electron chi connectivity index (χ0n) is 12.7. The van der Waals surface area contributed by atoms with E-state index in [1.807, 2.05) is 44.4 Å². The van der Waals surface area contributed by atoms with Gasteiger partial charge in [-0.25, -0.2) is 4.98 Å². The predicted molar refractivity (Wildman–Crippen MR) is 81.1 cm³/mol. The highest BCUT2D eigenvalue weighted by molar-refractivity contribution is 5.93. The van der Waals surface area contributed by atoms with Gasteiger partial charge in [0.05, 0.1) is 6.04 Å². The number of nitrogens with zero attached hydrogens (tertiary/aromatic N) is 2. The van der Waals surface area contributed by atoms with Gasteiger partial charge in [-0.05, 0) is 39.5 Å². The summed E-state index contributed by atoms with van der Waals surface area (Å²) in [6.45, 7) is 2.62. The molecule has 1 N–H and O–H groups in total. The van der Waals surface area contributed by atoms with Gasteiger partial charge in [0.1, 0.15) is 5.76 Å². The third-order valence-corrected chi connectivity index (χ3v) is 3.33. The van der Waals surface area contributed by atoms with Gasteiger partial charge in [0.25, 0.3) is 5.91 Å². The molecular formula is C16H21N3O2. The highest BCUT2D eigenvalue weighted by atomic mass is 16.3. The second-order valence-corrected chi connectivity index (χ2v) is 5.29. The lowest BCUT2D eigenvalue weighted by Crippen LogP contribution is -2.31. The predicted octanol–water partition coefficient (Wildman–Crippen LogP) is 2.41. The van der Waals surface area contributed by atoms with E-state index in [9.17, 15) is 4.79 Å². The molecule has 1 aromatic carbocycles. The van der Waals surface area contributed by atoms with E-state index >= 15 is 0 Å². The Labute approximate surface area is 125 Å². The molecule has 112 valence electrons. The molecule has 2 rings (SSSR count). The minimum Gasteiger partial charge on any atom is -0.448 e. The molecule has 5 heteroatoms. The number of aromatic nitrogens is 1. The molecular weight excluding hydrogens is 266 g/mol. The standard InChI is InChI=1S/C16H21N3O2/c1-12-15(17-11-21-12)16(20)18-14(9-10-19(2)3)13-7-5-4-6-8-13/h4-8,11,14H,9-10H2,1-3H3,(H,18,20)/t14-/m1/s1. The van der Waals surface area contributed by atoms with Gasteiger partial charge < -0.3 is 14.6 Å². The number of carbonyl (C=O) groups is 1. The Bertz CT molecular complexity index is 578. The lowest BCUT2D eigenvalue weighted by Gasteiger charge is -2.21. The van der Waals surface area contributed by atoms with E-state index in [-0.39, 0.29) is 11.9 Å². The van der Waals surface area contributed by atoms with Crippen LogP contribution in [0.3, 0.4) is 0 Å². The molecule has 0 spiro atoms. The first-order valence-corrected chi connectivity index (χ1v) is 6.98. The molecule has 0 unspecified atom stereocenters. The number of amides is 1. The SMILES string of the molecule is Cc1ocnc1C(=O)N[C@H](CCN(C)C)c1ccccc1. The first-order chi connectivity index (χ1) is 10.1. The van der Waals surface area contributed by atoms with Crippen LogP contribution in [0.15, 0.2) is 41.1 Å². The summed E-state index contributed by atoms with van der Waals surface area (Å²) in [5.74, 6) is 0.334. The second-order valence-electron chi connectivity index (χ2n) is 5.29. The lowest BCUT2D eigenvalue weighted by atomic mass is 10.0. The fourth-order valence-corrected chi connectivity index (χ4v) is 2.14. The van der Waals surface area contributed by atoms with Gasteiger partial charge in [-0.15, -0.1) is 0 Å². The molecule has 1 atom stereocenters. The number of rotatable bonds is 6. The van der Waals surface area contributed by atoms with Crippen molar-refractivity contribution in [3.63, 3.8) is 0 Å². The van der Waals surface area contributed by atoms with Crippen molar-refractivity contribution < 1.29 is 9.21 Å². The van der Waals surface area contributed by atoms with Crippen LogP contribution in [0, 0.1) is 6.92 Å². The molecule has 21 heavy (non-hydrogen) atoms. The quantitative estimate of drug-likeness (QED) is 0.886. The number of nitrogens with one attached hydrogen (secondary N) is 1. The summed E-state index contributed by atoms with van der Waals surface area (Å²) in [4.78, 5) is 18.4. The minimum absolute atomic E-state index is 0.0443. The van der Waals surface area contributed by atoms with Crippen LogP contribution in [-0.2, 0) is 0 Å². The third-order valence-electron chi connectivity index (χ3n) is 3.33. The largest absolute Gasteiger partial charge is 0.448 e. The molecule has 0 aliphatic carbocycles. The molecule has 0 fully saturated rings. The van der Waals surface area contributed by atoms with Crippen LogP contribution in [0.1, 0.15) is 34.3 Å². The lowest BCUT2D eigenvalue weighted by molar-refractivity contribution is 0.0927. The first kappa shape index (κ1) is 15.3. The van der Waals surface area contributed by atoms with Crippen molar-refractivity contribution in [2.24, 2.45) is 0 Å². The maximum atomic E-state index is 12.3. The van der Waals surface area contributed by atoms with Crippen LogP contribution in [0.2, 0.25) is 0 Å². The number of carbonyl (C=O) groups excluding carboxylic acids is 1. The molecule has 5 nitrogen and oxygen atoms in total. The second kappa shape index (κ2) is 7.04. The van der Waals surface area contributed by atoms with Gasteiger partial charge in [-0.3, -0.25) is 4.79 Å². The molecule has 2 aromatic rings. The van der Waals surface area contributed by atoms with Gasteiger partial charge >= 0.3 is 0 Å². The van der Waals surface area contributed by atoms with E-state index in [0.717, 1.165) is 18.5 Å². The molecule has 0 radical (unpaired) electrons. The molecule has 0 aliphatic rings. The number of aryl methyl sites for hydroxylation is 1. The smallest absolute Gasteiger partial charge is 0.274 e. The van der Waals surface area contributed by atoms with Gasteiger partial charge in [0.2, 0.25) is 0 Å². The Hall–Kier alpha value is -2.14. The third kappa shape index (κ3) is 4.16. The molecule has 0 bridgehead atoms. The monoisotopic (exact) mass is 287 g/mol. The van der Waals surface area contributed by atoms with Crippen molar-refractivity contribution in [3.8, 4) is 0 Å². The number of hydrogen-bond acceptors (Lipinski definition) is 4. The zero-order chi connectivity index (χ0) is 15.2. The van der Waals surface area contributed by atoms with Crippen molar-refractivity contribution in [1.82, 2.24) is 15.2 Å². The van der Waals surface area contributed by atoms with Crippen LogP contribution in [0.25, 0.3) is 0 Å². The Morgan fingerprint density at radius 3 is 2.62 bits per heavy atom. The maximum Gasteiger partial charge on any atom is 0.274 e. The van der Waals surface area contributed by atoms with Gasteiger partial charge in [-0.1, -0.05) is 30.3 Å². The summed E-state index contributed by atoms with van der Waals surface area (Å²) in [5.41, 5.74) is 1.44. The van der Waals surface area contributed by atoms with Crippen molar-refractivity contribution in [2.75, 3.05) is 20.6 Å². The maximum absolute atomic E-state index is 12.3.